The van der Waals surface area contributed by atoms with E-state index in [2.05, 4.69) is 59.8 Å². The summed E-state index contributed by atoms with van der Waals surface area (Å²) in [6.45, 7) is 10.6. The number of phenolic OH excluding ortho intramolecular Hbond substituents is 1. The minimum atomic E-state index is 0. The van der Waals surface area contributed by atoms with Gasteiger partial charge >= 0.3 is 0 Å². The molecule has 0 saturated carbocycles. The Labute approximate surface area is 243 Å². The van der Waals surface area contributed by atoms with Crippen molar-refractivity contribution < 1.29 is 45.3 Å². The van der Waals surface area contributed by atoms with E-state index in [9.17, 15) is 5.11 Å². The molecule has 1 fully saturated rings. The molecule has 0 bridgehead atoms. The van der Waals surface area contributed by atoms with Crippen molar-refractivity contribution in [1.82, 2.24) is 14.7 Å². The first-order valence-corrected chi connectivity index (χ1v) is 12.7. The van der Waals surface area contributed by atoms with Crippen molar-refractivity contribution in [2.75, 3.05) is 74.7 Å². The number of benzene rings is 2. The number of para-hydroxylation sites is 2. The van der Waals surface area contributed by atoms with Crippen molar-refractivity contribution >= 4 is 6.79 Å². The molecule has 8 nitrogen and oxygen atoms in total. The van der Waals surface area contributed by atoms with Gasteiger partial charge in [-0.15, -0.1) is 0 Å². The number of likely N-dealkylation sites (tertiary alicyclic amines) is 1. The number of methoxy groups -OCH3 is 1. The molecule has 0 amide bonds. The maximum atomic E-state index is 10.2. The first kappa shape index (κ1) is 38.3. The molecule has 1 heterocycles. The molecule has 1 aliphatic heterocycles. The summed E-state index contributed by atoms with van der Waals surface area (Å²) in [5.41, 5.74) is 2.38. The van der Waals surface area contributed by atoms with Crippen molar-refractivity contribution in [2.45, 2.75) is 31.7 Å². The second-order valence-corrected chi connectivity index (χ2v) is 8.92. The van der Waals surface area contributed by atoms with E-state index in [-0.39, 0.29) is 20.4 Å². The summed E-state index contributed by atoms with van der Waals surface area (Å²) in [5.74, 6) is 2.03. The molecule has 1 saturated heterocycles. The Morgan fingerprint density at radius 1 is 0.921 bits per heavy atom. The number of rotatable bonds is 11. The van der Waals surface area contributed by atoms with Gasteiger partial charge in [0.15, 0.2) is 0 Å². The fourth-order valence-corrected chi connectivity index (χ4v) is 4.49. The van der Waals surface area contributed by atoms with Crippen LogP contribution in [0.4, 0.5) is 0 Å². The number of nitrogens with zero attached hydrogens (tertiary/aromatic N) is 3. The van der Waals surface area contributed by atoms with Crippen LogP contribution in [0.15, 0.2) is 48.5 Å². The summed E-state index contributed by atoms with van der Waals surface area (Å²) in [6.07, 6.45) is 3.55. The predicted octanol–water partition coefficient (Wildman–Crippen LogP) is 2.97. The summed E-state index contributed by atoms with van der Waals surface area (Å²) in [5, 5.41) is 24.2. The Balaban J connectivity index is 0. The minimum absolute atomic E-state index is 0. The van der Waals surface area contributed by atoms with E-state index in [1.165, 1.54) is 18.4 Å². The molecule has 2 aromatic carbocycles. The van der Waals surface area contributed by atoms with Crippen LogP contribution < -0.4 is 4.74 Å². The zero-order valence-corrected chi connectivity index (χ0v) is 26.4. The van der Waals surface area contributed by atoms with E-state index in [1.807, 2.05) is 18.2 Å². The van der Waals surface area contributed by atoms with Gasteiger partial charge < -0.3 is 34.7 Å². The molecule has 3 rings (SSSR count). The predicted molar refractivity (Wildman–Crippen MR) is 151 cm³/mol. The van der Waals surface area contributed by atoms with Gasteiger partial charge in [0.1, 0.15) is 11.5 Å². The molecule has 0 aliphatic carbocycles. The van der Waals surface area contributed by atoms with Gasteiger partial charge in [-0.3, -0.25) is 11.7 Å². The number of piperidine rings is 1. The van der Waals surface area contributed by atoms with Crippen LogP contribution in [0, 0.1) is 0 Å². The van der Waals surface area contributed by atoms with Gasteiger partial charge in [-0.2, -0.15) is 0 Å². The summed E-state index contributed by atoms with van der Waals surface area (Å²) in [6, 6.07) is 16.2. The van der Waals surface area contributed by atoms with Gasteiger partial charge in [0, 0.05) is 59.8 Å². The van der Waals surface area contributed by atoms with E-state index in [0.29, 0.717) is 11.7 Å². The number of hydrogen-bond donors (Lipinski definition) is 3. The minimum Gasteiger partial charge on any atom is -0.545 e. The molecular formula is C29H48N3O5Re-. The number of aliphatic hydroxyl groups excluding tert-OH is 2. The monoisotopic (exact) mass is 705 g/mol. The number of carbonyl (C=O) groups excluding carboxylic acids is 1. The second kappa shape index (κ2) is 24.2. The normalized spacial score (nSPS) is 13.2. The Hall–Kier alpha value is -1.83. The Kier molecular flexibility index (Phi) is 24.4. The van der Waals surface area contributed by atoms with Crippen LogP contribution in [-0.4, -0.2) is 112 Å². The number of phenols is 1. The quantitative estimate of drug-likeness (QED) is 0.243. The van der Waals surface area contributed by atoms with Crippen molar-refractivity contribution in [3.05, 3.63) is 59.7 Å². The number of aromatic hydroxyl groups is 1. The number of likely N-dealkylation sites (N-methyl/N-ethyl adjacent to an activating group) is 1. The molecule has 9 heteroatoms. The third-order valence-corrected chi connectivity index (χ3v) is 6.36. The van der Waals surface area contributed by atoms with Crippen LogP contribution >= 0.6 is 0 Å². The van der Waals surface area contributed by atoms with E-state index in [4.69, 9.17) is 19.7 Å². The fraction of sp³-hybridized carbons (Fsp3) is 0.552. The fourth-order valence-electron chi connectivity index (χ4n) is 4.49. The molecule has 2 aromatic rings. The number of hydrogen-bond acceptors (Lipinski definition) is 8. The summed E-state index contributed by atoms with van der Waals surface area (Å²) < 4.78 is 5.57. The van der Waals surface area contributed by atoms with Gasteiger partial charge in [0.05, 0.1) is 7.11 Å². The van der Waals surface area contributed by atoms with Crippen molar-refractivity contribution in [1.29, 1.82) is 0 Å². The van der Waals surface area contributed by atoms with Crippen LogP contribution in [0.3, 0.4) is 0 Å². The molecule has 217 valence electrons. The average molecular weight is 705 g/mol. The molecule has 1 aliphatic rings. The molecule has 0 spiro atoms. The van der Waals surface area contributed by atoms with E-state index in [1.54, 1.807) is 13.2 Å². The Morgan fingerprint density at radius 2 is 1.50 bits per heavy atom. The smallest absolute Gasteiger partial charge is 0.122 e. The van der Waals surface area contributed by atoms with Crippen LogP contribution in [0.1, 0.15) is 36.3 Å². The van der Waals surface area contributed by atoms with Crippen molar-refractivity contribution in [3.8, 4) is 11.5 Å². The third-order valence-electron chi connectivity index (χ3n) is 6.36. The molecule has 38 heavy (non-hydrogen) atoms. The van der Waals surface area contributed by atoms with Gasteiger partial charge in [-0.05, 0) is 83.2 Å². The maximum absolute atomic E-state index is 10.2. The SMILES string of the molecule is CO.CO.COc1ccccc1C1CCN(CCCN(CCN(C)C)Cc2ccccc2O)CC1.[CH-]=O.[Re]. The number of ether oxygens (including phenoxy) is 1. The van der Waals surface area contributed by atoms with E-state index >= 15 is 0 Å². The zero-order valence-electron chi connectivity index (χ0n) is 23.7. The van der Waals surface area contributed by atoms with E-state index < -0.39 is 0 Å². The maximum Gasteiger partial charge on any atom is 0.122 e. The molecule has 1 radical (unpaired) electrons. The topological polar surface area (TPSA) is 96.7 Å². The average Bonchev–Trinajstić information content (AvgIpc) is 2.96. The van der Waals surface area contributed by atoms with Gasteiger partial charge in [-0.1, -0.05) is 36.4 Å². The van der Waals surface area contributed by atoms with Crippen molar-refractivity contribution in [2.24, 2.45) is 0 Å². The van der Waals surface area contributed by atoms with Crippen molar-refractivity contribution in [3.63, 3.8) is 0 Å². The first-order valence-electron chi connectivity index (χ1n) is 12.7. The molecular weight excluding hydrogens is 657 g/mol. The largest absolute Gasteiger partial charge is 0.545 e. The summed E-state index contributed by atoms with van der Waals surface area (Å²) >= 11 is 0. The summed E-state index contributed by atoms with van der Waals surface area (Å²) in [4.78, 5) is 15.0. The molecule has 0 atom stereocenters. The first-order chi connectivity index (χ1) is 18.1. The Bertz CT molecular complexity index is 820. The van der Waals surface area contributed by atoms with Gasteiger partial charge in [0.25, 0.3) is 0 Å². The van der Waals surface area contributed by atoms with Crippen LogP contribution in [0.5, 0.6) is 11.5 Å². The van der Waals surface area contributed by atoms with Crippen LogP contribution in [0.25, 0.3) is 0 Å². The van der Waals surface area contributed by atoms with Gasteiger partial charge in [-0.25, -0.2) is 0 Å². The van der Waals surface area contributed by atoms with Crippen LogP contribution in [0.2, 0.25) is 0 Å². The van der Waals surface area contributed by atoms with E-state index in [0.717, 1.165) is 77.8 Å². The standard InChI is InChI=1S/C26H39N3O2.2CH4O.CHO.Re/c1-27(2)19-20-29(21-23-9-4-6-11-25(23)30)16-8-15-28-17-13-22(14-18-28)24-10-5-7-12-26(24)31-3;3*1-2;/h4-7,9-12,22,30H,8,13-21H2,1-3H3;2*2H,1H3;1H;/q;;;-1;. The molecule has 0 unspecified atom stereocenters. The number of aliphatic hydroxyl groups is 2. The third kappa shape index (κ3) is 14.4. The zero-order chi connectivity index (χ0) is 28.1. The van der Waals surface area contributed by atoms with Gasteiger partial charge in [0.2, 0.25) is 0 Å². The molecule has 0 aromatic heterocycles. The van der Waals surface area contributed by atoms with Crippen LogP contribution in [-0.2, 0) is 31.8 Å². The summed E-state index contributed by atoms with van der Waals surface area (Å²) in [7, 11) is 8.00. The molecule has 3 N–H and O–H groups in total. The second-order valence-electron chi connectivity index (χ2n) is 8.92. The Morgan fingerprint density at radius 3 is 2.08 bits per heavy atom.